The largest absolute Gasteiger partial charge is 0.481 e. The fraction of sp³-hybridized carbons (Fsp3) is 0.533. The van der Waals surface area contributed by atoms with Crippen molar-refractivity contribution in [2.75, 3.05) is 5.75 Å². The normalized spacial score (nSPS) is 21.7. The van der Waals surface area contributed by atoms with Crippen LogP contribution in [-0.4, -0.2) is 16.8 Å². The highest BCUT2D eigenvalue weighted by atomic mass is 32.2. The van der Waals surface area contributed by atoms with Crippen LogP contribution in [0.5, 0.6) is 0 Å². The molecule has 1 heterocycles. The van der Waals surface area contributed by atoms with Gasteiger partial charge >= 0.3 is 5.97 Å². The molecule has 0 bridgehead atoms. The molecule has 2 unspecified atom stereocenters. The Morgan fingerprint density at radius 3 is 2.78 bits per heavy atom. The predicted octanol–water partition coefficient (Wildman–Crippen LogP) is 4.01. The lowest BCUT2D eigenvalue weighted by atomic mass is 9.72. The summed E-state index contributed by atoms with van der Waals surface area (Å²) < 4.78 is 0. The predicted molar refractivity (Wildman–Crippen MR) is 75.1 cm³/mol. The molecule has 0 aromatic heterocycles. The summed E-state index contributed by atoms with van der Waals surface area (Å²) in [5.74, 6) is 0.851. The van der Waals surface area contributed by atoms with Crippen molar-refractivity contribution < 1.29 is 9.90 Å². The number of thioether (sulfide) groups is 1. The van der Waals surface area contributed by atoms with E-state index in [-0.39, 0.29) is 5.92 Å². The van der Waals surface area contributed by atoms with Crippen LogP contribution in [-0.2, 0) is 4.79 Å². The molecule has 1 aromatic carbocycles. The number of fused-ring (bicyclic) bond motifs is 1. The molecule has 1 aliphatic rings. The van der Waals surface area contributed by atoms with Gasteiger partial charge in [-0.25, -0.2) is 0 Å². The molecule has 1 aromatic rings. The molecule has 3 heteroatoms. The molecule has 0 saturated carbocycles. The standard InChI is InChI=1S/C15H20O2S/c1-10(2)15(3,14(16)17)8-11-9-18-13-7-5-4-6-12(11)13/h4-7,10-11H,8-9H2,1-3H3,(H,16,17). The zero-order valence-corrected chi connectivity index (χ0v) is 12.0. The Morgan fingerprint density at radius 2 is 2.17 bits per heavy atom. The SMILES string of the molecule is CC(C)C(C)(CC1CSc2ccccc21)C(=O)O. The van der Waals surface area contributed by atoms with Gasteiger partial charge in [0.1, 0.15) is 0 Å². The van der Waals surface area contributed by atoms with Crippen LogP contribution in [0.3, 0.4) is 0 Å². The maximum absolute atomic E-state index is 11.6. The maximum Gasteiger partial charge on any atom is 0.309 e. The number of carboxylic acid groups (broad SMARTS) is 1. The summed E-state index contributed by atoms with van der Waals surface area (Å²) in [6.07, 6.45) is 0.726. The van der Waals surface area contributed by atoms with Crippen LogP contribution in [0, 0.1) is 11.3 Å². The Labute approximate surface area is 113 Å². The Kier molecular flexibility index (Phi) is 3.71. The number of hydrogen-bond donors (Lipinski definition) is 1. The van der Waals surface area contributed by atoms with Crippen molar-refractivity contribution in [3.8, 4) is 0 Å². The average molecular weight is 264 g/mol. The first-order chi connectivity index (χ1) is 8.45. The van der Waals surface area contributed by atoms with E-state index >= 15 is 0 Å². The van der Waals surface area contributed by atoms with E-state index in [2.05, 4.69) is 12.1 Å². The van der Waals surface area contributed by atoms with Crippen molar-refractivity contribution in [2.24, 2.45) is 11.3 Å². The molecule has 0 amide bonds. The van der Waals surface area contributed by atoms with Crippen LogP contribution >= 0.6 is 11.8 Å². The van der Waals surface area contributed by atoms with E-state index in [1.807, 2.05) is 44.7 Å². The summed E-state index contributed by atoms with van der Waals surface area (Å²) in [6, 6.07) is 8.37. The third kappa shape index (κ3) is 2.28. The lowest BCUT2D eigenvalue weighted by molar-refractivity contribution is -0.151. The molecule has 2 nitrogen and oxygen atoms in total. The molecule has 98 valence electrons. The zero-order chi connectivity index (χ0) is 13.3. The minimum absolute atomic E-state index is 0.146. The second-order valence-corrected chi connectivity index (χ2v) is 6.69. The number of aliphatic carboxylic acids is 1. The van der Waals surface area contributed by atoms with E-state index in [4.69, 9.17) is 0 Å². The molecule has 1 aliphatic heterocycles. The van der Waals surface area contributed by atoms with Crippen molar-refractivity contribution in [1.82, 2.24) is 0 Å². The van der Waals surface area contributed by atoms with Gasteiger partial charge in [-0.1, -0.05) is 32.0 Å². The third-order valence-electron chi connectivity index (χ3n) is 4.23. The highest BCUT2D eigenvalue weighted by Gasteiger charge is 2.40. The number of carbonyl (C=O) groups is 1. The van der Waals surface area contributed by atoms with Gasteiger partial charge in [0.25, 0.3) is 0 Å². The fourth-order valence-corrected chi connectivity index (χ4v) is 3.73. The summed E-state index contributed by atoms with van der Waals surface area (Å²) >= 11 is 1.85. The van der Waals surface area contributed by atoms with E-state index in [9.17, 15) is 9.90 Å². The Bertz CT molecular complexity index is 456. The van der Waals surface area contributed by atoms with Gasteiger partial charge in [-0.3, -0.25) is 4.79 Å². The first kappa shape index (κ1) is 13.5. The van der Waals surface area contributed by atoms with Gasteiger partial charge in [0.2, 0.25) is 0 Å². The van der Waals surface area contributed by atoms with Crippen molar-refractivity contribution in [3.63, 3.8) is 0 Å². The molecule has 0 spiro atoms. The quantitative estimate of drug-likeness (QED) is 0.892. The van der Waals surface area contributed by atoms with Gasteiger partial charge in [0, 0.05) is 10.6 Å². The monoisotopic (exact) mass is 264 g/mol. The molecular formula is C15H20O2S. The first-order valence-corrected chi connectivity index (χ1v) is 7.39. The van der Waals surface area contributed by atoms with Crippen molar-refractivity contribution >= 4 is 17.7 Å². The number of rotatable bonds is 4. The van der Waals surface area contributed by atoms with E-state index in [1.54, 1.807) is 0 Å². The smallest absolute Gasteiger partial charge is 0.309 e. The minimum Gasteiger partial charge on any atom is -0.481 e. The average Bonchev–Trinajstić information content (AvgIpc) is 2.72. The highest BCUT2D eigenvalue weighted by Crippen LogP contribution is 2.46. The lowest BCUT2D eigenvalue weighted by Gasteiger charge is -2.31. The summed E-state index contributed by atoms with van der Waals surface area (Å²) in [7, 11) is 0. The van der Waals surface area contributed by atoms with Crippen LogP contribution < -0.4 is 0 Å². The summed E-state index contributed by atoms with van der Waals surface area (Å²) in [4.78, 5) is 12.9. The molecule has 1 N–H and O–H groups in total. The van der Waals surface area contributed by atoms with Gasteiger partial charge in [0.05, 0.1) is 5.41 Å². The molecule has 0 radical (unpaired) electrons. The van der Waals surface area contributed by atoms with Crippen molar-refractivity contribution in [3.05, 3.63) is 29.8 Å². The number of carboxylic acids is 1. The molecule has 2 rings (SSSR count). The Morgan fingerprint density at radius 1 is 1.50 bits per heavy atom. The van der Waals surface area contributed by atoms with Crippen molar-refractivity contribution in [1.29, 1.82) is 0 Å². The van der Waals surface area contributed by atoms with Gasteiger partial charge in [-0.05, 0) is 36.8 Å². The first-order valence-electron chi connectivity index (χ1n) is 6.40. The van der Waals surface area contributed by atoms with Gasteiger partial charge < -0.3 is 5.11 Å². The van der Waals surface area contributed by atoms with Crippen LogP contribution in [0.1, 0.15) is 38.7 Å². The van der Waals surface area contributed by atoms with Gasteiger partial charge in [-0.15, -0.1) is 11.8 Å². The summed E-state index contributed by atoms with van der Waals surface area (Å²) in [5, 5.41) is 9.50. The maximum atomic E-state index is 11.6. The van der Waals surface area contributed by atoms with Gasteiger partial charge in [0.15, 0.2) is 0 Å². The molecule has 0 fully saturated rings. The van der Waals surface area contributed by atoms with Crippen molar-refractivity contribution in [2.45, 2.75) is 38.0 Å². The highest BCUT2D eigenvalue weighted by molar-refractivity contribution is 7.99. The zero-order valence-electron chi connectivity index (χ0n) is 11.1. The van der Waals surface area contributed by atoms with E-state index in [0.29, 0.717) is 5.92 Å². The van der Waals surface area contributed by atoms with Crippen LogP contribution in [0.25, 0.3) is 0 Å². The van der Waals surface area contributed by atoms with Crippen LogP contribution in [0.15, 0.2) is 29.2 Å². The Hall–Kier alpha value is -0.960. The lowest BCUT2D eigenvalue weighted by Crippen LogP contribution is -2.35. The Balaban J connectivity index is 2.23. The second-order valence-electron chi connectivity index (χ2n) is 5.63. The second kappa shape index (κ2) is 4.96. The summed E-state index contributed by atoms with van der Waals surface area (Å²) in [5.41, 5.74) is 0.693. The number of hydrogen-bond acceptors (Lipinski definition) is 2. The fourth-order valence-electron chi connectivity index (χ4n) is 2.48. The summed E-state index contributed by atoms with van der Waals surface area (Å²) in [6.45, 7) is 5.88. The third-order valence-corrected chi connectivity index (χ3v) is 5.48. The number of benzene rings is 1. The minimum atomic E-state index is -0.674. The van der Waals surface area contributed by atoms with Crippen LogP contribution in [0.4, 0.5) is 0 Å². The molecule has 18 heavy (non-hydrogen) atoms. The molecular weight excluding hydrogens is 244 g/mol. The van der Waals surface area contributed by atoms with E-state index in [1.165, 1.54) is 10.5 Å². The molecule has 0 aliphatic carbocycles. The molecule has 0 saturated heterocycles. The van der Waals surface area contributed by atoms with Gasteiger partial charge in [-0.2, -0.15) is 0 Å². The van der Waals surface area contributed by atoms with E-state index in [0.717, 1.165) is 12.2 Å². The molecule has 2 atom stereocenters. The van der Waals surface area contributed by atoms with E-state index < -0.39 is 11.4 Å². The topological polar surface area (TPSA) is 37.3 Å². The van der Waals surface area contributed by atoms with Crippen LogP contribution in [0.2, 0.25) is 0 Å².